The van der Waals surface area contributed by atoms with Gasteiger partial charge in [-0.05, 0) is 37.3 Å². The second kappa shape index (κ2) is 7.88. The lowest BCUT2D eigenvalue weighted by Gasteiger charge is -2.10. The van der Waals surface area contributed by atoms with Crippen molar-refractivity contribution in [1.29, 1.82) is 0 Å². The molecule has 9 heteroatoms. The van der Waals surface area contributed by atoms with Gasteiger partial charge in [-0.25, -0.2) is 0 Å². The molecule has 0 spiro atoms. The predicted molar refractivity (Wildman–Crippen MR) is 93.4 cm³/mol. The second-order valence-electron chi connectivity index (χ2n) is 5.18. The minimum absolute atomic E-state index is 0.0474. The van der Waals surface area contributed by atoms with Crippen LogP contribution in [-0.4, -0.2) is 29.6 Å². The molecule has 2 amide bonds. The van der Waals surface area contributed by atoms with E-state index in [2.05, 4.69) is 10.6 Å². The summed E-state index contributed by atoms with van der Waals surface area (Å²) in [5, 5.41) is 15.5. The first kappa shape index (κ1) is 18.6. The zero-order valence-corrected chi connectivity index (χ0v) is 13.9. The SMILES string of the molecule is COc1cc([N+](=O)[O-])ccc1NC(=O)C(=O)Nc1ccc(C(C)=O)cc1. The molecule has 134 valence electrons. The molecule has 0 saturated carbocycles. The van der Waals surface area contributed by atoms with Crippen molar-refractivity contribution in [1.82, 2.24) is 0 Å². The monoisotopic (exact) mass is 357 g/mol. The van der Waals surface area contributed by atoms with Gasteiger partial charge in [-0.1, -0.05) is 0 Å². The van der Waals surface area contributed by atoms with Crippen molar-refractivity contribution in [2.45, 2.75) is 6.92 Å². The molecule has 2 N–H and O–H groups in total. The largest absolute Gasteiger partial charge is 0.494 e. The minimum atomic E-state index is -0.979. The molecule has 9 nitrogen and oxygen atoms in total. The van der Waals surface area contributed by atoms with Gasteiger partial charge in [-0.15, -0.1) is 0 Å². The molecule has 2 aromatic rings. The molecule has 0 saturated heterocycles. The lowest BCUT2D eigenvalue weighted by Crippen LogP contribution is -2.29. The Balaban J connectivity index is 2.08. The average Bonchev–Trinajstić information content (AvgIpc) is 2.62. The summed E-state index contributed by atoms with van der Waals surface area (Å²) in [5.74, 6) is -1.99. The Labute approximate surface area is 148 Å². The van der Waals surface area contributed by atoms with Crippen molar-refractivity contribution in [3.63, 3.8) is 0 Å². The highest BCUT2D eigenvalue weighted by Gasteiger charge is 2.18. The number of rotatable bonds is 5. The quantitative estimate of drug-likeness (QED) is 0.366. The number of non-ortho nitro benzene ring substituents is 1. The van der Waals surface area contributed by atoms with E-state index in [1.807, 2.05) is 0 Å². The Morgan fingerprint density at radius 3 is 2.15 bits per heavy atom. The van der Waals surface area contributed by atoms with Gasteiger partial charge in [0.25, 0.3) is 5.69 Å². The molecule has 0 atom stereocenters. The topological polar surface area (TPSA) is 128 Å². The van der Waals surface area contributed by atoms with Crippen molar-refractivity contribution < 1.29 is 24.0 Å². The molecule has 2 rings (SSSR count). The first-order chi connectivity index (χ1) is 12.3. The van der Waals surface area contributed by atoms with Crippen LogP contribution >= 0.6 is 0 Å². The van der Waals surface area contributed by atoms with Crippen LogP contribution in [0.5, 0.6) is 5.75 Å². The summed E-state index contributed by atoms with van der Waals surface area (Å²) in [4.78, 5) is 45.3. The predicted octanol–water partition coefficient (Wildman–Crippen LogP) is 2.38. The van der Waals surface area contributed by atoms with E-state index in [4.69, 9.17) is 4.74 Å². The highest BCUT2D eigenvalue weighted by atomic mass is 16.6. The number of nitrogens with zero attached hydrogens (tertiary/aromatic N) is 1. The van der Waals surface area contributed by atoms with Crippen molar-refractivity contribution in [2.75, 3.05) is 17.7 Å². The van der Waals surface area contributed by atoms with E-state index in [0.717, 1.165) is 6.07 Å². The second-order valence-corrected chi connectivity index (χ2v) is 5.18. The van der Waals surface area contributed by atoms with Crippen molar-refractivity contribution in [2.24, 2.45) is 0 Å². The number of nitrogens with one attached hydrogen (secondary N) is 2. The van der Waals surface area contributed by atoms with Gasteiger partial charge in [0.2, 0.25) is 0 Å². The van der Waals surface area contributed by atoms with Crippen LogP contribution in [0.3, 0.4) is 0 Å². The van der Waals surface area contributed by atoms with Gasteiger partial charge >= 0.3 is 11.8 Å². The maximum Gasteiger partial charge on any atom is 0.314 e. The van der Waals surface area contributed by atoms with Crippen LogP contribution in [0.25, 0.3) is 0 Å². The summed E-state index contributed by atoms with van der Waals surface area (Å²) < 4.78 is 4.99. The van der Waals surface area contributed by atoms with Gasteiger partial charge in [0.1, 0.15) is 5.75 Å². The van der Waals surface area contributed by atoms with E-state index in [1.54, 1.807) is 0 Å². The van der Waals surface area contributed by atoms with Gasteiger partial charge in [0.05, 0.1) is 23.8 Å². The van der Waals surface area contributed by atoms with Crippen LogP contribution in [0, 0.1) is 10.1 Å². The molecule has 0 aliphatic rings. The Hall–Kier alpha value is -3.75. The van der Waals surface area contributed by atoms with Crippen LogP contribution in [-0.2, 0) is 9.59 Å². The third-order valence-electron chi connectivity index (χ3n) is 3.40. The van der Waals surface area contributed by atoms with Gasteiger partial charge in [-0.2, -0.15) is 0 Å². The van der Waals surface area contributed by atoms with Crippen molar-refractivity contribution in [3.8, 4) is 5.75 Å². The molecular formula is C17H15N3O6. The molecule has 0 aliphatic carbocycles. The number of carbonyl (C=O) groups is 3. The summed E-state index contributed by atoms with van der Waals surface area (Å²) in [5.41, 5.74) is 0.717. The summed E-state index contributed by atoms with van der Waals surface area (Å²) in [6.45, 7) is 1.42. The number of Topliss-reactive ketones (excluding diaryl/α,β-unsaturated/α-hetero) is 1. The fraction of sp³-hybridized carbons (Fsp3) is 0.118. The third-order valence-corrected chi connectivity index (χ3v) is 3.40. The third kappa shape index (κ3) is 4.41. The number of benzene rings is 2. The fourth-order valence-electron chi connectivity index (χ4n) is 2.05. The van der Waals surface area contributed by atoms with Crippen LogP contribution in [0.1, 0.15) is 17.3 Å². The number of carbonyl (C=O) groups excluding carboxylic acids is 3. The molecule has 26 heavy (non-hydrogen) atoms. The van der Waals surface area contributed by atoms with Gasteiger partial charge in [-0.3, -0.25) is 24.5 Å². The Morgan fingerprint density at radius 2 is 1.62 bits per heavy atom. The number of nitro benzene ring substituents is 1. The van der Waals surface area contributed by atoms with Crippen LogP contribution in [0.15, 0.2) is 42.5 Å². The molecule has 0 unspecified atom stereocenters. The summed E-state index contributed by atoms with van der Waals surface area (Å²) in [6.07, 6.45) is 0. The zero-order chi connectivity index (χ0) is 19.3. The van der Waals surface area contributed by atoms with E-state index < -0.39 is 16.7 Å². The van der Waals surface area contributed by atoms with E-state index in [-0.39, 0.29) is 22.9 Å². The summed E-state index contributed by atoms with van der Waals surface area (Å²) in [6, 6.07) is 9.61. The number of hydrogen-bond donors (Lipinski definition) is 2. The fourth-order valence-corrected chi connectivity index (χ4v) is 2.05. The van der Waals surface area contributed by atoms with Gasteiger partial charge < -0.3 is 15.4 Å². The number of nitro groups is 1. The number of ether oxygens (including phenoxy) is 1. The number of hydrogen-bond acceptors (Lipinski definition) is 6. The standard InChI is InChI=1S/C17H15N3O6/c1-10(21)11-3-5-12(6-4-11)18-16(22)17(23)19-14-8-7-13(20(24)25)9-15(14)26-2/h3-9H,1-2H3,(H,18,22)(H,19,23). The molecule has 0 radical (unpaired) electrons. The number of amides is 2. The molecular weight excluding hydrogens is 342 g/mol. The Bertz CT molecular complexity index is 877. The first-order valence-corrected chi connectivity index (χ1v) is 7.37. The minimum Gasteiger partial charge on any atom is -0.494 e. The highest BCUT2D eigenvalue weighted by Crippen LogP contribution is 2.28. The lowest BCUT2D eigenvalue weighted by atomic mass is 10.1. The van der Waals surface area contributed by atoms with Gasteiger partial charge in [0, 0.05) is 17.3 Å². The smallest absolute Gasteiger partial charge is 0.314 e. The Morgan fingerprint density at radius 1 is 1.00 bits per heavy atom. The Kier molecular flexibility index (Phi) is 5.63. The molecule has 0 aromatic heterocycles. The van der Waals surface area contributed by atoms with Gasteiger partial charge in [0.15, 0.2) is 5.78 Å². The summed E-state index contributed by atoms with van der Waals surface area (Å²) in [7, 11) is 1.28. The molecule has 2 aromatic carbocycles. The molecule has 0 aliphatic heterocycles. The van der Waals surface area contributed by atoms with E-state index in [9.17, 15) is 24.5 Å². The lowest BCUT2D eigenvalue weighted by molar-refractivity contribution is -0.384. The van der Waals surface area contributed by atoms with Crippen molar-refractivity contribution in [3.05, 3.63) is 58.1 Å². The average molecular weight is 357 g/mol. The first-order valence-electron chi connectivity index (χ1n) is 7.37. The molecule has 0 fully saturated rings. The van der Waals surface area contributed by atoms with Crippen LogP contribution < -0.4 is 15.4 Å². The van der Waals surface area contributed by atoms with E-state index >= 15 is 0 Å². The van der Waals surface area contributed by atoms with E-state index in [1.165, 1.54) is 50.4 Å². The normalized spacial score (nSPS) is 9.92. The number of ketones is 1. The molecule has 0 heterocycles. The molecule has 0 bridgehead atoms. The highest BCUT2D eigenvalue weighted by molar-refractivity contribution is 6.43. The van der Waals surface area contributed by atoms with E-state index in [0.29, 0.717) is 11.3 Å². The van der Waals surface area contributed by atoms with Crippen LogP contribution in [0.4, 0.5) is 17.1 Å². The number of anilines is 2. The maximum absolute atomic E-state index is 12.0. The maximum atomic E-state index is 12.0. The van der Waals surface area contributed by atoms with Crippen molar-refractivity contribution >= 4 is 34.7 Å². The van der Waals surface area contributed by atoms with Crippen LogP contribution in [0.2, 0.25) is 0 Å². The number of methoxy groups -OCH3 is 1. The summed E-state index contributed by atoms with van der Waals surface area (Å²) >= 11 is 0. The zero-order valence-electron chi connectivity index (χ0n) is 13.9.